The van der Waals surface area contributed by atoms with Crippen molar-refractivity contribution < 1.29 is 55.4 Å². The number of thiophene rings is 1. The predicted molar refractivity (Wildman–Crippen MR) is 220 cm³/mol. The van der Waals surface area contributed by atoms with Crippen LogP contribution in [0.5, 0.6) is 11.5 Å². The number of carbonyl (C=O) groups excluding carboxylic acids is 4. The molecule has 0 unspecified atom stereocenters. The molecule has 4 amide bonds. The molecule has 62 heavy (non-hydrogen) atoms. The average Bonchev–Trinajstić information content (AvgIpc) is 3.88. The van der Waals surface area contributed by atoms with E-state index in [1.165, 1.54) is 29.2 Å². The first kappa shape index (κ1) is 42.1. The predicted octanol–water partition coefficient (Wildman–Crippen LogP) is 10.2. The van der Waals surface area contributed by atoms with Gasteiger partial charge in [0.2, 0.25) is 23.6 Å². The van der Waals surface area contributed by atoms with Crippen molar-refractivity contribution in [1.29, 1.82) is 0 Å². The number of methoxy groups -OCH3 is 1. The summed E-state index contributed by atoms with van der Waals surface area (Å²) in [6.07, 6.45) is -9.13. The third kappa shape index (κ3) is 6.13. The third-order valence-electron chi connectivity index (χ3n) is 12.9. The lowest BCUT2D eigenvalue weighted by molar-refractivity contribution is -0.143. The van der Waals surface area contributed by atoms with E-state index in [2.05, 4.69) is 15.9 Å². The summed E-state index contributed by atoms with van der Waals surface area (Å²) in [6, 6.07) is 10.8. The van der Waals surface area contributed by atoms with Crippen LogP contribution in [0.15, 0.2) is 70.7 Å². The minimum Gasteiger partial charge on any atom is -0.503 e. The van der Waals surface area contributed by atoms with Gasteiger partial charge in [0.25, 0.3) is 0 Å². The van der Waals surface area contributed by atoms with Crippen molar-refractivity contribution in [3.05, 3.63) is 98.0 Å². The van der Waals surface area contributed by atoms with Crippen LogP contribution >= 0.6 is 38.9 Å². The van der Waals surface area contributed by atoms with Gasteiger partial charge in [0.05, 0.1) is 56.4 Å². The maximum Gasteiger partial charge on any atom is 0.416 e. The Kier molecular flexibility index (Phi) is 9.62. The van der Waals surface area contributed by atoms with E-state index in [1.807, 2.05) is 19.1 Å². The number of alkyl halides is 6. The highest BCUT2D eigenvalue weighted by Gasteiger charge is 2.68. The molecule has 3 aromatic carbocycles. The normalized spacial score (nSPS) is 25.1. The molecule has 6 atom stereocenters. The average molecular weight is 962 g/mol. The molecule has 2 saturated heterocycles. The minimum absolute atomic E-state index is 0.0131. The van der Waals surface area contributed by atoms with E-state index >= 15 is 4.79 Å². The number of ether oxygens (including phenoxy) is 1. The summed E-state index contributed by atoms with van der Waals surface area (Å²) in [5, 5.41) is 17.0. The highest BCUT2D eigenvalue weighted by Crippen LogP contribution is 2.64. The number of nitrogens with zero attached hydrogens (tertiary/aromatic N) is 4. The lowest BCUT2D eigenvalue weighted by Crippen LogP contribution is -2.49. The zero-order valence-electron chi connectivity index (χ0n) is 32.8. The molecular weight excluding hydrogens is 930 g/mol. The van der Waals surface area contributed by atoms with Gasteiger partial charge < -0.3 is 9.84 Å². The number of imide groups is 2. The summed E-state index contributed by atoms with van der Waals surface area (Å²) in [5.74, 6) is -9.00. The molecule has 0 radical (unpaired) electrons. The maximum atomic E-state index is 15.2. The summed E-state index contributed by atoms with van der Waals surface area (Å²) in [5.41, 5.74) is -3.61. The fraction of sp³-hybridized carbons (Fsp3) is 0.326. The SMILES string of the molecule is COc1cc([C@H]2C3=CC[C@@H]4C(=O)N(c5cc(C(F)(F)F)cc(C(F)(F)F)c5)C(=O)[C@@H]4[C@@H]3C[C@H]3C(=O)N(c4cc(-c5sc6ccc(Cl)cc6c5C)nn4C)C(=O)[C@@]23C)cc(Br)c1O. The quantitative estimate of drug-likeness (QED) is 0.106. The van der Waals surface area contributed by atoms with Crippen LogP contribution in [-0.4, -0.2) is 45.6 Å². The fourth-order valence-corrected chi connectivity index (χ4v) is 11.8. The molecule has 2 aliphatic heterocycles. The Bertz CT molecular complexity index is 2820. The number of rotatable bonds is 5. The largest absolute Gasteiger partial charge is 0.503 e. The topological polar surface area (TPSA) is 122 Å². The van der Waals surface area contributed by atoms with Crippen LogP contribution in [0, 0.1) is 36.0 Å². The summed E-state index contributed by atoms with van der Waals surface area (Å²) < 4.78 is 91.7. The number of phenolic OH excluding ortho intramolecular Hbond substituents is 1. The summed E-state index contributed by atoms with van der Waals surface area (Å²) >= 11 is 11.1. The van der Waals surface area contributed by atoms with Crippen molar-refractivity contribution in [3.63, 3.8) is 0 Å². The Balaban J connectivity index is 1.16. The molecule has 1 saturated carbocycles. The molecule has 3 fully saturated rings. The number of halogens is 8. The van der Waals surface area contributed by atoms with Gasteiger partial charge in [-0.25, -0.2) is 9.80 Å². The van der Waals surface area contributed by atoms with Gasteiger partial charge in [0.15, 0.2) is 11.5 Å². The lowest BCUT2D eigenvalue weighted by Gasteiger charge is -2.49. The second kappa shape index (κ2) is 14.2. The van der Waals surface area contributed by atoms with Crippen LogP contribution in [0.4, 0.5) is 37.8 Å². The zero-order chi connectivity index (χ0) is 44.7. The van der Waals surface area contributed by atoms with E-state index in [1.54, 1.807) is 38.2 Å². The molecule has 4 heterocycles. The number of aromatic nitrogens is 2. The number of anilines is 2. The Labute approximate surface area is 365 Å². The molecule has 322 valence electrons. The molecule has 2 aromatic heterocycles. The van der Waals surface area contributed by atoms with Gasteiger partial charge in [-0.3, -0.25) is 23.9 Å². The molecule has 1 N–H and O–H groups in total. The standard InChI is InChI=1S/C43H32BrClF6N4O6S/c1-17-25-14-21(45)5-8-31(25)62-36(17)29-16-32(53(3)52-29)55-38(58)27-15-26-23(34(41(27,2)40(55)60)18-9-28(44)35(56)30(10-18)61-4)6-7-24-33(26)39(59)54(37(24)57)22-12-19(42(46,47)48)11-20(13-22)43(49,50)51/h5-6,8-14,16,24,26-27,33-34,56H,7,15H2,1-4H3/t24-,26+,27-,33-,34-,41+/m0/s1. The highest BCUT2D eigenvalue weighted by atomic mass is 79.9. The summed E-state index contributed by atoms with van der Waals surface area (Å²) in [4.78, 5) is 61.0. The van der Waals surface area contributed by atoms with E-state index < -0.39 is 87.8 Å². The van der Waals surface area contributed by atoms with E-state index in [4.69, 9.17) is 21.4 Å². The first-order valence-corrected chi connectivity index (χ1v) is 21.1. The van der Waals surface area contributed by atoms with Crippen molar-refractivity contribution in [2.45, 2.75) is 45.0 Å². The van der Waals surface area contributed by atoms with E-state index in [0.717, 1.165) is 25.4 Å². The fourth-order valence-electron chi connectivity index (χ4n) is 10.1. The maximum absolute atomic E-state index is 15.2. The van der Waals surface area contributed by atoms with Crippen LogP contribution < -0.4 is 14.5 Å². The monoisotopic (exact) mass is 960 g/mol. The second-order valence-corrected chi connectivity index (χ2v) is 18.5. The van der Waals surface area contributed by atoms with Crippen molar-refractivity contribution in [2.24, 2.45) is 36.1 Å². The molecule has 5 aromatic rings. The molecule has 4 aliphatic rings. The van der Waals surface area contributed by atoms with E-state index in [0.29, 0.717) is 38.9 Å². The van der Waals surface area contributed by atoms with Crippen LogP contribution in [0.1, 0.15) is 47.9 Å². The Morgan fingerprint density at radius 1 is 0.919 bits per heavy atom. The Morgan fingerprint density at radius 2 is 1.60 bits per heavy atom. The first-order chi connectivity index (χ1) is 29.1. The van der Waals surface area contributed by atoms with Gasteiger partial charge in [-0.15, -0.1) is 11.3 Å². The van der Waals surface area contributed by atoms with E-state index in [-0.39, 0.29) is 40.7 Å². The van der Waals surface area contributed by atoms with Crippen molar-refractivity contribution in [3.8, 4) is 22.1 Å². The lowest BCUT2D eigenvalue weighted by atomic mass is 9.51. The van der Waals surface area contributed by atoms with Crippen molar-refractivity contribution >= 4 is 84.1 Å². The van der Waals surface area contributed by atoms with Crippen LogP contribution in [0.25, 0.3) is 20.7 Å². The summed E-state index contributed by atoms with van der Waals surface area (Å²) in [6.45, 7) is 3.54. The number of carbonyl (C=O) groups is 4. The number of amides is 4. The van der Waals surface area contributed by atoms with Crippen molar-refractivity contribution in [1.82, 2.24) is 9.78 Å². The molecule has 0 spiro atoms. The van der Waals surface area contributed by atoms with Gasteiger partial charge in [-0.1, -0.05) is 23.3 Å². The third-order valence-corrected chi connectivity index (χ3v) is 15.1. The molecule has 2 aliphatic carbocycles. The number of aromatic hydroxyl groups is 1. The highest BCUT2D eigenvalue weighted by molar-refractivity contribution is 9.10. The number of fused-ring (bicyclic) bond motifs is 5. The number of allylic oxidation sites excluding steroid dienone is 2. The van der Waals surface area contributed by atoms with Crippen molar-refractivity contribution in [2.75, 3.05) is 16.9 Å². The first-order valence-electron chi connectivity index (χ1n) is 19.1. The molecule has 9 rings (SSSR count). The number of benzene rings is 3. The Hall–Kier alpha value is -5.20. The number of phenols is 1. The summed E-state index contributed by atoms with van der Waals surface area (Å²) in [7, 11) is 2.91. The molecule has 10 nitrogen and oxygen atoms in total. The molecular formula is C43H32BrClF6N4O6S. The van der Waals surface area contributed by atoms with Gasteiger partial charge in [-0.05, 0) is 114 Å². The van der Waals surface area contributed by atoms with Gasteiger partial charge in [0, 0.05) is 28.8 Å². The van der Waals surface area contributed by atoms with E-state index in [9.17, 15) is 45.8 Å². The molecule has 19 heteroatoms. The van der Waals surface area contributed by atoms with Gasteiger partial charge >= 0.3 is 12.4 Å². The number of aryl methyl sites for hydroxylation is 2. The number of hydrogen-bond acceptors (Lipinski definition) is 8. The smallest absolute Gasteiger partial charge is 0.416 e. The minimum atomic E-state index is -5.25. The van der Waals surface area contributed by atoms with Gasteiger partial charge in [-0.2, -0.15) is 31.4 Å². The zero-order valence-corrected chi connectivity index (χ0v) is 35.9. The second-order valence-electron chi connectivity index (χ2n) is 16.2. The Morgan fingerprint density at radius 3 is 2.24 bits per heavy atom. The van der Waals surface area contributed by atoms with Crippen LogP contribution in [0.3, 0.4) is 0 Å². The molecule has 0 bridgehead atoms. The number of hydrogen-bond donors (Lipinski definition) is 1. The van der Waals surface area contributed by atoms with Crippen LogP contribution in [-0.2, 0) is 38.6 Å². The van der Waals surface area contributed by atoms with Crippen LogP contribution in [0.2, 0.25) is 5.02 Å². The van der Waals surface area contributed by atoms with Gasteiger partial charge in [0.1, 0.15) is 11.5 Å².